The van der Waals surface area contributed by atoms with Crippen molar-refractivity contribution in [2.24, 2.45) is 0 Å². The largest absolute Gasteiger partial charge is 0.374 e. The van der Waals surface area contributed by atoms with Crippen LogP contribution in [-0.2, 0) is 0 Å². The Kier molecular flexibility index (Phi) is 5.45. The first-order valence-electron chi connectivity index (χ1n) is 5.18. The minimum atomic E-state index is 0.532. The van der Waals surface area contributed by atoms with E-state index in [0.29, 0.717) is 12.3 Å². The third kappa shape index (κ3) is 3.96. The van der Waals surface area contributed by atoms with Gasteiger partial charge in [0.15, 0.2) is 0 Å². The van der Waals surface area contributed by atoms with E-state index in [1.807, 2.05) is 43.5 Å². The van der Waals surface area contributed by atoms with Gasteiger partial charge in [-0.1, -0.05) is 24.3 Å². The summed E-state index contributed by atoms with van der Waals surface area (Å²) in [6, 6.07) is 10.3. The third-order valence-corrected chi connectivity index (χ3v) is 2.47. The molecule has 2 nitrogen and oxygen atoms in total. The Morgan fingerprint density at radius 2 is 2.06 bits per heavy atom. The van der Waals surface area contributed by atoms with Crippen molar-refractivity contribution >= 4 is 23.4 Å². The molecule has 0 unspecified atom stereocenters. The molecule has 0 amide bonds. The van der Waals surface area contributed by atoms with Crippen LogP contribution < -0.4 is 4.90 Å². The molecule has 84 valence electrons. The average molecular weight is 235 g/mol. The Morgan fingerprint density at radius 3 is 2.62 bits per heavy atom. The van der Waals surface area contributed by atoms with E-state index >= 15 is 0 Å². The van der Waals surface area contributed by atoms with E-state index < -0.39 is 0 Å². The topological polar surface area (TPSA) is 27.0 Å². The Balaban J connectivity index is 2.64. The second-order valence-corrected chi connectivity index (χ2v) is 3.79. The standard InChI is InChI=1S/C13H15ClN2/c1-16(11-3-10-15)13-7-5-12(6-8-13)4-2-9-14/h2,4-8H,3,9,11H2,1H3. The normalized spacial score (nSPS) is 10.3. The minimum Gasteiger partial charge on any atom is -0.374 e. The maximum Gasteiger partial charge on any atom is 0.0640 e. The van der Waals surface area contributed by atoms with Crippen LogP contribution in [0.5, 0.6) is 0 Å². The lowest BCUT2D eigenvalue weighted by molar-refractivity contribution is 0.905. The Morgan fingerprint density at radius 1 is 1.38 bits per heavy atom. The van der Waals surface area contributed by atoms with Gasteiger partial charge in [0, 0.05) is 25.2 Å². The molecule has 0 fully saturated rings. The molecule has 0 saturated carbocycles. The van der Waals surface area contributed by atoms with E-state index in [1.54, 1.807) is 0 Å². The summed E-state index contributed by atoms with van der Waals surface area (Å²) >= 11 is 5.56. The van der Waals surface area contributed by atoms with Crippen LogP contribution in [-0.4, -0.2) is 19.5 Å². The van der Waals surface area contributed by atoms with Gasteiger partial charge >= 0.3 is 0 Å². The summed E-state index contributed by atoms with van der Waals surface area (Å²) in [7, 11) is 1.99. The molecule has 0 aliphatic rings. The van der Waals surface area contributed by atoms with Gasteiger partial charge in [-0.05, 0) is 17.7 Å². The lowest BCUT2D eigenvalue weighted by Crippen LogP contribution is -2.17. The summed E-state index contributed by atoms with van der Waals surface area (Å²) in [6.07, 6.45) is 4.45. The van der Waals surface area contributed by atoms with Crippen molar-refractivity contribution in [2.75, 3.05) is 24.4 Å². The molecule has 0 heterocycles. The van der Waals surface area contributed by atoms with Crippen LogP contribution in [0, 0.1) is 11.3 Å². The van der Waals surface area contributed by atoms with Crippen molar-refractivity contribution in [1.29, 1.82) is 5.26 Å². The summed E-state index contributed by atoms with van der Waals surface area (Å²) in [5, 5.41) is 8.50. The number of alkyl halides is 1. The summed E-state index contributed by atoms with van der Waals surface area (Å²) < 4.78 is 0. The Labute approximate surface area is 102 Å². The highest BCUT2D eigenvalue weighted by Crippen LogP contribution is 2.14. The van der Waals surface area contributed by atoms with Crippen molar-refractivity contribution in [1.82, 2.24) is 0 Å². The van der Waals surface area contributed by atoms with Gasteiger partial charge in [0.2, 0.25) is 0 Å². The number of hydrogen-bond acceptors (Lipinski definition) is 2. The maximum atomic E-state index is 8.50. The monoisotopic (exact) mass is 234 g/mol. The Hall–Kier alpha value is -1.46. The molecule has 1 rings (SSSR count). The zero-order valence-corrected chi connectivity index (χ0v) is 10.1. The smallest absolute Gasteiger partial charge is 0.0640 e. The van der Waals surface area contributed by atoms with Gasteiger partial charge in [-0.25, -0.2) is 0 Å². The number of anilines is 1. The first-order valence-corrected chi connectivity index (χ1v) is 5.72. The van der Waals surface area contributed by atoms with Crippen LogP contribution in [0.3, 0.4) is 0 Å². The van der Waals surface area contributed by atoms with Gasteiger partial charge in [-0.3, -0.25) is 0 Å². The minimum absolute atomic E-state index is 0.532. The van der Waals surface area contributed by atoms with Crippen LogP contribution >= 0.6 is 11.6 Å². The fourth-order valence-corrected chi connectivity index (χ4v) is 1.46. The van der Waals surface area contributed by atoms with Gasteiger partial charge in [0.25, 0.3) is 0 Å². The predicted octanol–water partition coefficient (Wildman–Crippen LogP) is 3.29. The highest BCUT2D eigenvalue weighted by atomic mass is 35.5. The molecule has 0 aliphatic heterocycles. The van der Waals surface area contributed by atoms with E-state index in [-0.39, 0.29) is 0 Å². The van der Waals surface area contributed by atoms with Crippen LogP contribution in [0.2, 0.25) is 0 Å². The molecular formula is C13H15ClN2. The molecule has 1 aromatic carbocycles. The van der Waals surface area contributed by atoms with E-state index in [9.17, 15) is 0 Å². The first kappa shape index (κ1) is 12.6. The zero-order valence-electron chi connectivity index (χ0n) is 9.36. The maximum absolute atomic E-state index is 8.50. The molecule has 0 atom stereocenters. The third-order valence-electron chi connectivity index (χ3n) is 2.29. The summed E-state index contributed by atoms with van der Waals surface area (Å²) in [4.78, 5) is 2.07. The zero-order chi connectivity index (χ0) is 11.8. The molecule has 0 aliphatic carbocycles. The second kappa shape index (κ2) is 6.92. The summed E-state index contributed by atoms with van der Waals surface area (Å²) in [5.74, 6) is 0.532. The van der Waals surface area contributed by atoms with Gasteiger partial charge < -0.3 is 4.90 Å². The van der Waals surface area contributed by atoms with Gasteiger partial charge in [0.1, 0.15) is 0 Å². The van der Waals surface area contributed by atoms with Crippen molar-refractivity contribution in [3.05, 3.63) is 35.9 Å². The number of benzene rings is 1. The van der Waals surface area contributed by atoms with Crippen LogP contribution in [0.25, 0.3) is 6.08 Å². The lowest BCUT2D eigenvalue weighted by Gasteiger charge is -2.17. The quantitative estimate of drug-likeness (QED) is 0.731. The van der Waals surface area contributed by atoms with Crippen LogP contribution in [0.4, 0.5) is 5.69 Å². The number of hydrogen-bond donors (Lipinski definition) is 0. The fraction of sp³-hybridized carbons (Fsp3) is 0.308. The predicted molar refractivity (Wildman–Crippen MR) is 69.7 cm³/mol. The fourth-order valence-electron chi connectivity index (χ4n) is 1.37. The van der Waals surface area contributed by atoms with Crippen molar-refractivity contribution in [3.63, 3.8) is 0 Å². The first-order chi connectivity index (χ1) is 7.77. The van der Waals surface area contributed by atoms with Gasteiger partial charge in [0.05, 0.1) is 12.5 Å². The number of allylic oxidation sites excluding steroid dienone is 1. The van der Waals surface area contributed by atoms with E-state index in [0.717, 1.165) is 17.8 Å². The van der Waals surface area contributed by atoms with Crippen molar-refractivity contribution < 1.29 is 0 Å². The van der Waals surface area contributed by atoms with Gasteiger partial charge in [-0.2, -0.15) is 5.26 Å². The van der Waals surface area contributed by atoms with Crippen LogP contribution in [0.15, 0.2) is 30.3 Å². The molecule has 16 heavy (non-hydrogen) atoms. The molecule has 3 heteroatoms. The van der Waals surface area contributed by atoms with Gasteiger partial charge in [-0.15, -0.1) is 11.6 Å². The van der Waals surface area contributed by atoms with E-state index in [1.165, 1.54) is 0 Å². The number of rotatable bonds is 5. The lowest BCUT2D eigenvalue weighted by atomic mass is 10.2. The second-order valence-electron chi connectivity index (χ2n) is 3.48. The highest BCUT2D eigenvalue weighted by Gasteiger charge is 1.99. The highest BCUT2D eigenvalue weighted by molar-refractivity contribution is 6.19. The number of nitrogens with zero attached hydrogens (tertiary/aromatic N) is 2. The van der Waals surface area contributed by atoms with E-state index in [4.69, 9.17) is 16.9 Å². The van der Waals surface area contributed by atoms with E-state index in [2.05, 4.69) is 11.0 Å². The summed E-state index contributed by atoms with van der Waals surface area (Å²) in [6.45, 7) is 0.757. The molecule has 0 radical (unpaired) electrons. The van der Waals surface area contributed by atoms with Crippen LogP contribution in [0.1, 0.15) is 12.0 Å². The van der Waals surface area contributed by atoms with Crippen molar-refractivity contribution in [3.8, 4) is 6.07 Å². The molecule has 0 N–H and O–H groups in total. The molecular weight excluding hydrogens is 220 g/mol. The molecule has 0 saturated heterocycles. The number of nitriles is 1. The molecule has 0 bridgehead atoms. The molecule has 1 aromatic rings. The number of halogens is 1. The average Bonchev–Trinajstić information content (AvgIpc) is 2.34. The molecule has 0 spiro atoms. The Bertz CT molecular complexity index is 376. The van der Waals surface area contributed by atoms with Crippen molar-refractivity contribution in [2.45, 2.75) is 6.42 Å². The SMILES string of the molecule is CN(CCC#N)c1ccc(C=CCCl)cc1. The molecule has 0 aromatic heterocycles. The summed E-state index contributed by atoms with van der Waals surface area (Å²) in [5.41, 5.74) is 2.26.